The number of pyridine rings is 1. The highest BCUT2D eigenvalue weighted by Gasteiger charge is 2.31. The zero-order valence-electron chi connectivity index (χ0n) is 28.1. The van der Waals surface area contributed by atoms with Crippen molar-refractivity contribution in [2.75, 3.05) is 64.0 Å². The fraction of sp³-hybridized carbons (Fsp3) is 0.432. The second-order valence-corrected chi connectivity index (χ2v) is 12.3. The number of aryl methyl sites for hydroxylation is 2. The Bertz CT molecular complexity index is 1640. The topological polar surface area (TPSA) is 107 Å². The highest BCUT2D eigenvalue weighted by molar-refractivity contribution is 5.99. The Morgan fingerprint density at radius 3 is 2.51 bits per heavy atom. The number of H-pyrrole nitrogens is 1. The lowest BCUT2D eigenvalue weighted by Crippen LogP contribution is -2.39. The molecule has 5 rings (SSSR count). The van der Waals surface area contributed by atoms with E-state index < -0.39 is 0 Å². The van der Waals surface area contributed by atoms with E-state index in [2.05, 4.69) is 39.7 Å². The minimum absolute atomic E-state index is 0.0669. The summed E-state index contributed by atoms with van der Waals surface area (Å²) in [6.45, 7) is 18.3. The lowest BCUT2D eigenvalue weighted by atomic mass is 9.95. The molecule has 2 aromatic carbocycles. The number of rotatable bonds is 12. The van der Waals surface area contributed by atoms with Gasteiger partial charge < -0.3 is 29.6 Å². The number of hydrogen-bond donors (Lipinski definition) is 2. The van der Waals surface area contributed by atoms with Crippen LogP contribution in [0.15, 0.2) is 59.9 Å². The van der Waals surface area contributed by atoms with Crippen LogP contribution in [0.25, 0.3) is 11.1 Å². The molecule has 2 aliphatic heterocycles. The maximum atomic E-state index is 13.8. The molecule has 0 aliphatic carbocycles. The molecule has 10 heteroatoms. The number of amides is 2. The zero-order chi connectivity index (χ0) is 33.5. The molecule has 0 radical (unpaired) electrons. The monoisotopic (exact) mass is 641 g/mol. The summed E-state index contributed by atoms with van der Waals surface area (Å²) >= 11 is 0. The lowest BCUT2D eigenvalue weighted by molar-refractivity contribution is -0.125. The van der Waals surface area contributed by atoms with Crippen LogP contribution < -0.4 is 20.5 Å². The Balaban J connectivity index is 1.42. The van der Waals surface area contributed by atoms with Gasteiger partial charge >= 0.3 is 0 Å². The minimum Gasteiger partial charge on any atom is -0.492 e. The van der Waals surface area contributed by atoms with Crippen molar-refractivity contribution in [3.05, 3.63) is 93.4 Å². The predicted octanol–water partition coefficient (Wildman–Crippen LogP) is 4.22. The molecule has 1 unspecified atom stereocenters. The third-order valence-electron chi connectivity index (χ3n) is 9.25. The van der Waals surface area contributed by atoms with Crippen LogP contribution in [0.2, 0.25) is 0 Å². The first-order valence-electron chi connectivity index (χ1n) is 16.5. The van der Waals surface area contributed by atoms with Gasteiger partial charge in [0, 0.05) is 74.4 Å². The van der Waals surface area contributed by atoms with Crippen LogP contribution in [0.4, 0.5) is 5.69 Å². The molecule has 2 fully saturated rings. The molecular formula is C37H47N5O5. The predicted molar refractivity (Wildman–Crippen MR) is 185 cm³/mol. The summed E-state index contributed by atoms with van der Waals surface area (Å²) in [5.41, 5.74) is 6.15. The molecule has 3 aromatic rings. The number of nitrogens with one attached hydrogen (secondary N) is 2. The van der Waals surface area contributed by atoms with Gasteiger partial charge in [0.05, 0.1) is 13.2 Å². The second-order valence-electron chi connectivity index (χ2n) is 12.3. The average Bonchev–Trinajstić information content (AvgIpc) is 3.56. The number of carbonyl (C=O) groups excluding carboxylic acids is 2. The Morgan fingerprint density at radius 1 is 1.09 bits per heavy atom. The number of aromatic nitrogens is 1. The maximum absolute atomic E-state index is 13.8. The standard InChI is InChI=1S/C37H47N5O5/c1-6-35(43)41-13-12-30(24-41)42(7-2)34-22-29(28-8-10-31(11-9-28)47-19-16-40-14-17-46-18-15-40)21-32(27(34)5)36(44)38-23-33-25(3)20-26(4)39-37(33)45/h6,8-11,20-22,30H,1,7,12-19,23-24H2,2-5H3,(H,38,44)(H,39,45). The third-order valence-corrected chi connectivity index (χ3v) is 9.25. The van der Waals surface area contributed by atoms with E-state index in [4.69, 9.17) is 9.47 Å². The van der Waals surface area contributed by atoms with E-state index in [0.29, 0.717) is 37.4 Å². The molecular weight excluding hydrogens is 594 g/mol. The summed E-state index contributed by atoms with van der Waals surface area (Å²) in [6.07, 6.45) is 2.19. The first-order valence-corrected chi connectivity index (χ1v) is 16.5. The van der Waals surface area contributed by atoms with Gasteiger partial charge in [0.25, 0.3) is 11.5 Å². The van der Waals surface area contributed by atoms with Crippen molar-refractivity contribution in [1.82, 2.24) is 20.1 Å². The molecule has 47 heavy (non-hydrogen) atoms. The molecule has 2 saturated heterocycles. The van der Waals surface area contributed by atoms with E-state index in [-0.39, 0.29) is 30.0 Å². The fourth-order valence-corrected chi connectivity index (χ4v) is 6.58. The van der Waals surface area contributed by atoms with Crippen molar-refractivity contribution >= 4 is 17.5 Å². The van der Waals surface area contributed by atoms with Crippen molar-refractivity contribution in [2.24, 2.45) is 0 Å². The van der Waals surface area contributed by atoms with E-state index in [9.17, 15) is 14.4 Å². The minimum atomic E-state index is -0.251. The van der Waals surface area contributed by atoms with Gasteiger partial charge in [-0.25, -0.2) is 0 Å². The molecule has 0 spiro atoms. The number of carbonyl (C=O) groups is 2. The van der Waals surface area contributed by atoms with Crippen LogP contribution in [0.1, 0.15) is 46.1 Å². The summed E-state index contributed by atoms with van der Waals surface area (Å²) < 4.78 is 11.5. The van der Waals surface area contributed by atoms with Gasteiger partial charge in [0.1, 0.15) is 12.4 Å². The first-order chi connectivity index (χ1) is 22.7. The molecule has 10 nitrogen and oxygen atoms in total. The highest BCUT2D eigenvalue weighted by Crippen LogP contribution is 2.34. The van der Waals surface area contributed by atoms with E-state index in [1.807, 2.05) is 62.1 Å². The van der Waals surface area contributed by atoms with E-state index in [0.717, 1.165) is 78.7 Å². The van der Waals surface area contributed by atoms with Crippen LogP contribution in [0.3, 0.4) is 0 Å². The number of likely N-dealkylation sites (tertiary alicyclic amines) is 1. The van der Waals surface area contributed by atoms with Crippen LogP contribution in [-0.4, -0.2) is 91.7 Å². The molecule has 250 valence electrons. The molecule has 0 saturated carbocycles. The maximum Gasteiger partial charge on any atom is 0.253 e. The van der Waals surface area contributed by atoms with Crippen LogP contribution in [0, 0.1) is 20.8 Å². The SMILES string of the molecule is C=CC(=O)N1CCC(N(CC)c2cc(-c3ccc(OCCN4CCOCC4)cc3)cc(C(=O)NCc3c(C)cc(C)[nH]c3=O)c2C)C1. The molecule has 2 amide bonds. The van der Waals surface area contributed by atoms with Crippen molar-refractivity contribution in [1.29, 1.82) is 0 Å². The number of ether oxygens (including phenoxy) is 2. The molecule has 3 heterocycles. The second kappa shape index (κ2) is 15.5. The van der Waals surface area contributed by atoms with Crippen LogP contribution in [0.5, 0.6) is 5.75 Å². The molecule has 2 aliphatic rings. The summed E-state index contributed by atoms with van der Waals surface area (Å²) in [5.74, 6) is 0.473. The number of benzene rings is 2. The molecule has 0 bridgehead atoms. The smallest absolute Gasteiger partial charge is 0.253 e. The Hall–Kier alpha value is -4.41. The summed E-state index contributed by atoms with van der Waals surface area (Å²) in [5, 5.41) is 3.01. The number of hydrogen-bond acceptors (Lipinski definition) is 7. The van der Waals surface area contributed by atoms with E-state index in [1.165, 1.54) is 6.08 Å². The van der Waals surface area contributed by atoms with E-state index >= 15 is 0 Å². The molecule has 2 N–H and O–H groups in total. The number of aromatic amines is 1. The van der Waals surface area contributed by atoms with Gasteiger partial charge in [0.2, 0.25) is 5.91 Å². The number of morpholine rings is 1. The zero-order valence-corrected chi connectivity index (χ0v) is 28.1. The third kappa shape index (κ3) is 8.12. The van der Waals surface area contributed by atoms with Gasteiger partial charge in [0.15, 0.2) is 0 Å². The van der Waals surface area contributed by atoms with Crippen molar-refractivity contribution in [3.8, 4) is 16.9 Å². The molecule has 1 aromatic heterocycles. The van der Waals surface area contributed by atoms with Crippen LogP contribution >= 0.6 is 0 Å². The normalized spacial score (nSPS) is 16.6. The summed E-state index contributed by atoms with van der Waals surface area (Å²) in [4.78, 5) is 48.2. The average molecular weight is 642 g/mol. The first kappa shape index (κ1) is 33.9. The Morgan fingerprint density at radius 2 is 1.83 bits per heavy atom. The Kier molecular flexibility index (Phi) is 11.2. The largest absolute Gasteiger partial charge is 0.492 e. The Labute approximate surface area is 277 Å². The summed E-state index contributed by atoms with van der Waals surface area (Å²) in [7, 11) is 0. The van der Waals surface area contributed by atoms with Crippen LogP contribution in [-0.2, 0) is 16.1 Å². The number of anilines is 1. The fourth-order valence-electron chi connectivity index (χ4n) is 6.58. The number of likely N-dealkylation sites (N-methyl/N-ethyl adjacent to an activating group) is 1. The molecule has 1 atom stereocenters. The van der Waals surface area contributed by atoms with Gasteiger partial charge in [-0.05, 0) is 92.8 Å². The summed E-state index contributed by atoms with van der Waals surface area (Å²) in [6, 6.07) is 14.0. The number of nitrogens with zero attached hydrogens (tertiary/aromatic N) is 3. The van der Waals surface area contributed by atoms with Crippen molar-refractivity contribution in [3.63, 3.8) is 0 Å². The highest BCUT2D eigenvalue weighted by atomic mass is 16.5. The lowest BCUT2D eigenvalue weighted by Gasteiger charge is -2.32. The van der Waals surface area contributed by atoms with Gasteiger partial charge in [-0.15, -0.1) is 0 Å². The van der Waals surface area contributed by atoms with Crippen molar-refractivity contribution in [2.45, 2.75) is 46.7 Å². The quantitative estimate of drug-likeness (QED) is 0.285. The van der Waals surface area contributed by atoms with Crippen molar-refractivity contribution < 1.29 is 19.1 Å². The van der Waals surface area contributed by atoms with Gasteiger partial charge in [-0.1, -0.05) is 18.7 Å². The van der Waals surface area contributed by atoms with Gasteiger partial charge in [-0.3, -0.25) is 19.3 Å². The van der Waals surface area contributed by atoms with Gasteiger partial charge in [-0.2, -0.15) is 0 Å². The van der Waals surface area contributed by atoms with E-state index in [1.54, 1.807) is 0 Å².